The molecule has 0 unspecified atom stereocenters. The van der Waals surface area contributed by atoms with Crippen molar-refractivity contribution in [2.45, 2.75) is 66.0 Å². The van der Waals surface area contributed by atoms with E-state index in [0.29, 0.717) is 25.2 Å². The van der Waals surface area contributed by atoms with Crippen molar-refractivity contribution in [3.63, 3.8) is 0 Å². The van der Waals surface area contributed by atoms with Crippen molar-refractivity contribution in [1.82, 2.24) is 19.6 Å². The Labute approximate surface area is 156 Å². The first-order chi connectivity index (χ1) is 12.2. The summed E-state index contributed by atoms with van der Waals surface area (Å²) in [6.45, 7) is 12.1. The molecule has 0 aliphatic carbocycles. The Morgan fingerprint density at radius 1 is 1.19 bits per heavy atom. The Morgan fingerprint density at radius 2 is 1.81 bits per heavy atom. The predicted molar refractivity (Wildman–Crippen MR) is 100 cm³/mol. The minimum absolute atomic E-state index is 0.00371. The molecule has 7 heteroatoms. The topological polar surface area (TPSA) is 67.7 Å². The summed E-state index contributed by atoms with van der Waals surface area (Å²) in [4.78, 5) is 29.1. The molecule has 2 amide bonds. The first-order valence-electron chi connectivity index (χ1n) is 9.49. The van der Waals surface area contributed by atoms with E-state index >= 15 is 0 Å². The van der Waals surface area contributed by atoms with Gasteiger partial charge in [-0.25, -0.2) is 4.79 Å². The van der Waals surface area contributed by atoms with Crippen LogP contribution in [0, 0.1) is 0 Å². The smallest absolute Gasteiger partial charge is 0.410 e. The van der Waals surface area contributed by atoms with Crippen LogP contribution in [-0.2, 0) is 24.8 Å². The number of ether oxygens (including phenoxy) is 1. The Bertz CT molecular complexity index is 654. The number of nitrogens with zero attached hydrogens (tertiary/aromatic N) is 4. The van der Waals surface area contributed by atoms with E-state index < -0.39 is 5.60 Å². The van der Waals surface area contributed by atoms with E-state index in [1.165, 1.54) is 0 Å². The lowest BCUT2D eigenvalue weighted by atomic mass is 10.0. The number of amides is 2. The number of aryl methyl sites for hydroxylation is 1. The quantitative estimate of drug-likeness (QED) is 0.805. The summed E-state index contributed by atoms with van der Waals surface area (Å²) in [5, 5.41) is 4.53. The number of hydrogen-bond donors (Lipinski definition) is 0. The first kappa shape index (κ1) is 20.3. The average molecular weight is 364 g/mol. The van der Waals surface area contributed by atoms with E-state index in [1.54, 1.807) is 16.6 Å². The van der Waals surface area contributed by atoms with Crippen LogP contribution in [-0.4, -0.2) is 56.8 Å². The summed E-state index contributed by atoms with van der Waals surface area (Å²) in [6.07, 6.45) is 2.12. The highest BCUT2D eigenvalue weighted by Gasteiger charge is 2.32. The lowest BCUT2D eigenvalue weighted by Crippen LogP contribution is -2.41. The third-order valence-corrected chi connectivity index (χ3v) is 4.32. The molecule has 0 bridgehead atoms. The zero-order valence-corrected chi connectivity index (χ0v) is 17.0. The molecular formula is C19H32N4O3. The van der Waals surface area contributed by atoms with E-state index in [9.17, 15) is 9.59 Å². The van der Waals surface area contributed by atoms with Gasteiger partial charge < -0.3 is 14.5 Å². The molecule has 2 heterocycles. The van der Waals surface area contributed by atoms with Crippen LogP contribution in [0.1, 0.15) is 69.2 Å². The number of carbonyl (C=O) groups is 2. The minimum atomic E-state index is -0.538. The fraction of sp³-hybridized carbons (Fsp3) is 0.737. The van der Waals surface area contributed by atoms with Crippen LogP contribution in [0.5, 0.6) is 0 Å². The van der Waals surface area contributed by atoms with Crippen molar-refractivity contribution in [1.29, 1.82) is 0 Å². The van der Waals surface area contributed by atoms with Crippen LogP contribution < -0.4 is 0 Å². The van der Waals surface area contributed by atoms with Gasteiger partial charge in [0.2, 0.25) is 0 Å². The fourth-order valence-electron chi connectivity index (χ4n) is 3.26. The number of fused-ring (bicyclic) bond motifs is 1. The van der Waals surface area contributed by atoms with Crippen molar-refractivity contribution in [3.05, 3.63) is 17.0 Å². The molecule has 26 heavy (non-hydrogen) atoms. The van der Waals surface area contributed by atoms with Crippen LogP contribution in [0.25, 0.3) is 0 Å². The molecule has 2 rings (SSSR count). The van der Waals surface area contributed by atoms with Gasteiger partial charge in [-0.3, -0.25) is 9.48 Å². The van der Waals surface area contributed by atoms with Crippen molar-refractivity contribution >= 4 is 12.0 Å². The lowest BCUT2D eigenvalue weighted by molar-refractivity contribution is 0.0222. The van der Waals surface area contributed by atoms with Gasteiger partial charge in [-0.1, -0.05) is 13.8 Å². The molecule has 0 aromatic carbocycles. The molecule has 0 atom stereocenters. The van der Waals surface area contributed by atoms with Crippen LogP contribution in [0.2, 0.25) is 0 Å². The zero-order valence-electron chi connectivity index (χ0n) is 17.0. The van der Waals surface area contributed by atoms with Gasteiger partial charge in [0.25, 0.3) is 5.91 Å². The predicted octanol–water partition coefficient (Wildman–Crippen LogP) is 2.98. The number of carbonyl (C=O) groups excluding carboxylic acids is 2. The van der Waals surface area contributed by atoms with Crippen molar-refractivity contribution < 1.29 is 14.3 Å². The molecule has 0 spiro atoms. The first-order valence-corrected chi connectivity index (χ1v) is 9.49. The molecule has 1 aromatic heterocycles. The van der Waals surface area contributed by atoms with Crippen molar-refractivity contribution in [2.75, 3.05) is 19.6 Å². The highest BCUT2D eigenvalue weighted by atomic mass is 16.6. The maximum absolute atomic E-state index is 13.1. The van der Waals surface area contributed by atoms with E-state index in [0.717, 1.165) is 37.2 Å². The second-order valence-electron chi connectivity index (χ2n) is 7.84. The maximum atomic E-state index is 13.1. The number of hydrogen-bond acceptors (Lipinski definition) is 4. The standard InChI is InChI=1S/C19H32N4O3/c1-7-10-22(11-8-2)17(24)16-14-13-23(18(25)26-19(3,4)5)12-9-15(14)20-21(16)6/h7-13H2,1-6H3. The van der Waals surface area contributed by atoms with Gasteiger partial charge in [-0.2, -0.15) is 5.10 Å². The minimum Gasteiger partial charge on any atom is -0.444 e. The second kappa shape index (κ2) is 8.10. The van der Waals surface area contributed by atoms with Gasteiger partial charge >= 0.3 is 6.09 Å². The van der Waals surface area contributed by atoms with Crippen LogP contribution >= 0.6 is 0 Å². The van der Waals surface area contributed by atoms with Crippen molar-refractivity contribution in [2.24, 2.45) is 7.05 Å². The van der Waals surface area contributed by atoms with Gasteiger partial charge in [-0.05, 0) is 33.6 Å². The Hall–Kier alpha value is -2.05. The zero-order chi connectivity index (χ0) is 19.5. The number of aromatic nitrogens is 2. The summed E-state index contributed by atoms with van der Waals surface area (Å²) in [5.41, 5.74) is 1.81. The van der Waals surface area contributed by atoms with Crippen LogP contribution in [0.3, 0.4) is 0 Å². The molecule has 0 fully saturated rings. The normalized spacial score (nSPS) is 14.2. The third-order valence-electron chi connectivity index (χ3n) is 4.32. The van der Waals surface area contributed by atoms with E-state index in [4.69, 9.17) is 4.74 Å². The van der Waals surface area contributed by atoms with Gasteiger partial charge in [0.05, 0.1) is 12.2 Å². The highest BCUT2D eigenvalue weighted by Crippen LogP contribution is 2.24. The maximum Gasteiger partial charge on any atom is 0.410 e. The lowest BCUT2D eigenvalue weighted by Gasteiger charge is -2.30. The molecule has 1 aliphatic rings. The number of rotatable bonds is 5. The molecule has 7 nitrogen and oxygen atoms in total. The molecule has 0 N–H and O–H groups in total. The van der Waals surface area contributed by atoms with Gasteiger partial charge in [0, 0.05) is 38.7 Å². The van der Waals surface area contributed by atoms with Crippen LogP contribution in [0.4, 0.5) is 4.79 Å². The SMILES string of the molecule is CCCN(CCC)C(=O)c1c2c(nn1C)CCN(C(=O)OC(C)(C)C)C2. The Balaban J connectivity index is 2.26. The summed E-state index contributed by atoms with van der Waals surface area (Å²) in [6, 6.07) is 0. The van der Waals surface area contributed by atoms with E-state index in [-0.39, 0.29) is 12.0 Å². The van der Waals surface area contributed by atoms with E-state index in [1.807, 2.05) is 25.7 Å². The Morgan fingerprint density at radius 3 is 2.35 bits per heavy atom. The van der Waals surface area contributed by atoms with Crippen LogP contribution in [0.15, 0.2) is 0 Å². The summed E-state index contributed by atoms with van der Waals surface area (Å²) in [5.74, 6) is -0.00371. The molecule has 0 saturated carbocycles. The van der Waals surface area contributed by atoms with Gasteiger partial charge in [-0.15, -0.1) is 0 Å². The largest absolute Gasteiger partial charge is 0.444 e. The Kier molecular flexibility index (Phi) is 6.31. The molecule has 1 aliphatic heterocycles. The fourth-order valence-corrected chi connectivity index (χ4v) is 3.26. The monoisotopic (exact) mass is 364 g/mol. The summed E-state index contributed by atoms with van der Waals surface area (Å²) >= 11 is 0. The molecule has 146 valence electrons. The second-order valence-corrected chi connectivity index (χ2v) is 7.84. The molecule has 1 aromatic rings. The van der Waals surface area contributed by atoms with Gasteiger partial charge in [0.15, 0.2) is 0 Å². The molecule has 0 saturated heterocycles. The molecular weight excluding hydrogens is 332 g/mol. The van der Waals surface area contributed by atoms with Gasteiger partial charge in [0.1, 0.15) is 11.3 Å². The molecule has 0 radical (unpaired) electrons. The summed E-state index contributed by atoms with van der Waals surface area (Å²) < 4.78 is 7.16. The third kappa shape index (κ3) is 4.56. The highest BCUT2D eigenvalue weighted by molar-refractivity contribution is 5.94. The average Bonchev–Trinajstić information content (AvgIpc) is 2.87. The summed E-state index contributed by atoms with van der Waals surface area (Å²) in [7, 11) is 1.81. The van der Waals surface area contributed by atoms with E-state index in [2.05, 4.69) is 18.9 Å². The van der Waals surface area contributed by atoms with Crippen molar-refractivity contribution in [3.8, 4) is 0 Å².